The van der Waals surface area contributed by atoms with Gasteiger partial charge in [-0.05, 0) is 37.1 Å². The fourth-order valence-corrected chi connectivity index (χ4v) is 3.04. The van der Waals surface area contributed by atoms with E-state index in [-0.39, 0.29) is 18.0 Å². The summed E-state index contributed by atoms with van der Waals surface area (Å²) in [6, 6.07) is 7.26. The molecule has 1 aromatic heterocycles. The zero-order valence-electron chi connectivity index (χ0n) is 10.00. The van der Waals surface area contributed by atoms with E-state index < -0.39 is 11.6 Å². The Morgan fingerprint density at radius 1 is 1.16 bits per heavy atom. The molecule has 3 N–H and O–H groups in total. The summed E-state index contributed by atoms with van der Waals surface area (Å²) >= 11 is 7.28. The molecule has 6 heteroatoms. The van der Waals surface area contributed by atoms with Crippen LogP contribution in [0.2, 0.25) is 4.34 Å². The molecule has 0 bridgehead atoms. The number of nitrogens with one attached hydrogen (secondary N) is 1. The van der Waals surface area contributed by atoms with Gasteiger partial charge in [-0.25, -0.2) is 8.78 Å². The fourth-order valence-electron chi connectivity index (χ4n) is 1.87. The number of hydrogen-bond donors (Lipinski definition) is 2. The zero-order chi connectivity index (χ0) is 13.8. The van der Waals surface area contributed by atoms with Crippen LogP contribution >= 0.6 is 22.9 Å². The zero-order valence-corrected chi connectivity index (χ0v) is 11.6. The van der Waals surface area contributed by atoms with Crippen LogP contribution in [0.3, 0.4) is 0 Å². The van der Waals surface area contributed by atoms with Gasteiger partial charge in [0.2, 0.25) is 0 Å². The van der Waals surface area contributed by atoms with Gasteiger partial charge in [-0.15, -0.1) is 11.3 Å². The molecule has 0 amide bonds. The van der Waals surface area contributed by atoms with Crippen molar-refractivity contribution in [3.8, 4) is 0 Å². The third kappa shape index (κ3) is 3.73. The maximum atomic E-state index is 13.6. The topological polar surface area (TPSA) is 38.0 Å². The van der Waals surface area contributed by atoms with E-state index in [4.69, 9.17) is 17.4 Å². The third-order valence-corrected chi connectivity index (χ3v) is 4.08. The molecule has 0 fully saturated rings. The second-order valence-corrected chi connectivity index (χ2v) is 5.98. The quantitative estimate of drug-likeness (QED) is 0.657. The number of hydrogen-bond acceptors (Lipinski definition) is 3. The molecule has 0 radical (unpaired) electrons. The molecule has 2 aromatic rings. The summed E-state index contributed by atoms with van der Waals surface area (Å²) < 4.78 is 27.8. The average molecular weight is 303 g/mol. The predicted octanol–water partition coefficient (Wildman–Crippen LogP) is 3.30. The number of nitrogens with two attached hydrogens (primary N) is 1. The monoisotopic (exact) mass is 302 g/mol. The molecule has 0 saturated heterocycles. The highest BCUT2D eigenvalue weighted by atomic mass is 35.5. The van der Waals surface area contributed by atoms with Gasteiger partial charge in [0.05, 0.1) is 4.34 Å². The first-order valence-corrected chi connectivity index (χ1v) is 6.93. The lowest BCUT2D eigenvalue weighted by molar-refractivity contribution is 0.486. The molecule has 1 unspecified atom stereocenters. The Kier molecular flexibility index (Phi) is 4.87. The van der Waals surface area contributed by atoms with Gasteiger partial charge in [-0.2, -0.15) is 0 Å². The summed E-state index contributed by atoms with van der Waals surface area (Å²) in [6.07, 6.45) is 0.756. The fraction of sp³-hybridized carbons (Fsp3) is 0.231. The Morgan fingerprint density at radius 3 is 2.37 bits per heavy atom. The molecule has 1 atom stereocenters. The van der Waals surface area contributed by atoms with Crippen LogP contribution in [0.5, 0.6) is 0 Å². The summed E-state index contributed by atoms with van der Waals surface area (Å²) in [4.78, 5) is 1.02. The van der Waals surface area contributed by atoms with Crippen LogP contribution in [0.15, 0.2) is 30.3 Å². The number of hydrazine groups is 1. The molecular formula is C13H13ClF2N2S. The van der Waals surface area contributed by atoms with Crippen molar-refractivity contribution in [1.82, 2.24) is 5.43 Å². The minimum absolute atomic E-state index is 0.0492. The largest absolute Gasteiger partial charge is 0.271 e. The lowest BCUT2D eigenvalue weighted by atomic mass is 10.0. The summed E-state index contributed by atoms with van der Waals surface area (Å²) in [5, 5.41) is 0. The van der Waals surface area contributed by atoms with Crippen LogP contribution < -0.4 is 11.3 Å². The standard InChI is InChI=1S/C13H13ClF2N2S/c14-13-5-4-9(19-13)6-8(18-17)7-10-11(15)2-1-3-12(10)16/h1-5,8,18H,6-7,17H2. The van der Waals surface area contributed by atoms with E-state index in [0.717, 1.165) is 4.88 Å². The van der Waals surface area contributed by atoms with Crippen molar-refractivity contribution in [2.24, 2.45) is 5.84 Å². The lowest BCUT2D eigenvalue weighted by Crippen LogP contribution is -2.38. The van der Waals surface area contributed by atoms with Crippen molar-refractivity contribution >= 4 is 22.9 Å². The van der Waals surface area contributed by atoms with Gasteiger partial charge >= 0.3 is 0 Å². The Morgan fingerprint density at radius 2 is 1.84 bits per heavy atom. The van der Waals surface area contributed by atoms with Gasteiger partial charge in [0.1, 0.15) is 11.6 Å². The number of benzene rings is 1. The first-order valence-electron chi connectivity index (χ1n) is 5.73. The van der Waals surface area contributed by atoms with Crippen molar-refractivity contribution in [2.75, 3.05) is 0 Å². The Bertz CT molecular complexity index is 539. The smallest absolute Gasteiger partial charge is 0.129 e. The molecule has 0 saturated carbocycles. The van der Waals surface area contributed by atoms with Gasteiger partial charge in [0.25, 0.3) is 0 Å². The van der Waals surface area contributed by atoms with E-state index >= 15 is 0 Å². The van der Waals surface area contributed by atoms with E-state index in [1.54, 1.807) is 6.07 Å². The Labute approximate surface area is 119 Å². The second-order valence-electron chi connectivity index (χ2n) is 4.18. The first kappa shape index (κ1) is 14.4. The average Bonchev–Trinajstić information content (AvgIpc) is 2.78. The van der Waals surface area contributed by atoms with Crippen molar-refractivity contribution in [2.45, 2.75) is 18.9 Å². The molecule has 102 valence electrons. The maximum absolute atomic E-state index is 13.6. The van der Waals surface area contributed by atoms with E-state index in [0.29, 0.717) is 10.8 Å². The lowest BCUT2D eigenvalue weighted by Gasteiger charge is -2.15. The molecule has 0 aliphatic rings. The summed E-state index contributed by atoms with van der Waals surface area (Å²) in [5.41, 5.74) is 2.64. The van der Waals surface area contributed by atoms with E-state index in [1.807, 2.05) is 6.07 Å². The van der Waals surface area contributed by atoms with Gasteiger partial charge in [-0.1, -0.05) is 17.7 Å². The van der Waals surface area contributed by atoms with Gasteiger partial charge < -0.3 is 0 Å². The van der Waals surface area contributed by atoms with Crippen molar-refractivity contribution in [3.63, 3.8) is 0 Å². The summed E-state index contributed by atoms with van der Waals surface area (Å²) in [7, 11) is 0. The first-order chi connectivity index (χ1) is 9.10. The highest BCUT2D eigenvalue weighted by Crippen LogP contribution is 2.23. The molecule has 1 heterocycles. The SMILES string of the molecule is NNC(Cc1ccc(Cl)s1)Cc1c(F)cccc1F. The van der Waals surface area contributed by atoms with Crippen LogP contribution in [-0.2, 0) is 12.8 Å². The predicted molar refractivity (Wildman–Crippen MR) is 74.2 cm³/mol. The van der Waals surface area contributed by atoms with E-state index in [1.165, 1.54) is 29.5 Å². The molecule has 2 rings (SSSR count). The highest BCUT2D eigenvalue weighted by molar-refractivity contribution is 7.16. The van der Waals surface area contributed by atoms with Gasteiger partial charge in [0.15, 0.2) is 0 Å². The van der Waals surface area contributed by atoms with E-state index in [9.17, 15) is 8.78 Å². The maximum Gasteiger partial charge on any atom is 0.129 e. The van der Waals surface area contributed by atoms with Gasteiger partial charge in [-0.3, -0.25) is 11.3 Å². The summed E-state index contributed by atoms with van der Waals surface area (Å²) in [6.45, 7) is 0. The van der Waals surface area contributed by atoms with Crippen molar-refractivity contribution in [3.05, 3.63) is 56.7 Å². The number of thiophene rings is 1. The minimum atomic E-state index is -0.551. The normalized spacial score (nSPS) is 12.6. The van der Waals surface area contributed by atoms with E-state index in [2.05, 4.69) is 5.43 Å². The Balaban J connectivity index is 2.11. The second kappa shape index (κ2) is 6.43. The van der Waals surface area contributed by atoms with Crippen LogP contribution in [-0.4, -0.2) is 6.04 Å². The highest BCUT2D eigenvalue weighted by Gasteiger charge is 2.16. The van der Waals surface area contributed by atoms with Gasteiger partial charge in [0, 0.05) is 16.5 Å². The van der Waals surface area contributed by atoms with Crippen LogP contribution in [0.25, 0.3) is 0 Å². The molecule has 0 spiro atoms. The Hall–Kier alpha value is -1.01. The van der Waals surface area contributed by atoms with Crippen LogP contribution in [0.4, 0.5) is 8.78 Å². The van der Waals surface area contributed by atoms with Crippen LogP contribution in [0.1, 0.15) is 10.4 Å². The molecule has 19 heavy (non-hydrogen) atoms. The van der Waals surface area contributed by atoms with Crippen molar-refractivity contribution < 1.29 is 8.78 Å². The molecule has 2 nitrogen and oxygen atoms in total. The number of rotatable bonds is 5. The molecular weight excluding hydrogens is 290 g/mol. The molecule has 0 aliphatic heterocycles. The molecule has 0 aliphatic carbocycles. The van der Waals surface area contributed by atoms with Crippen molar-refractivity contribution in [1.29, 1.82) is 0 Å². The minimum Gasteiger partial charge on any atom is -0.271 e. The number of halogens is 3. The van der Waals surface area contributed by atoms with Crippen LogP contribution in [0, 0.1) is 11.6 Å². The third-order valence-electron chi connectivity index (χ3n) is 2.82. The summed E-state index contributed by atoms with van der Waals surface area (Å²) in [5.74, 6) is 4.35. The molecule has 1 aromatic carbocycles.